The summed E-state index contributed by atoms with van der Waals surface area (Å²) in [5, 5.41) is 11.0. The molecule has 1 aliphatic heterocycles. The van der Waals surface area contributed by atoms with Gasteiger partial charge in [0.2, 0.25) is 0 Å². The summed E-state index contributed by atoms with van der Waals surface area (Å²) in [6.45, 7) is 3.63. The van der Waals surface area contributed by atoms with Crippen LogP contribution < -0.4 is 9.47 Å². The second-order valence-corrected chi connectivity index (χ2v) is 6.84. The monoisotopic (exact) mass is 468 g/mol. The van der Waals surface area contributed by atoms with E-state index in [2.05, 4.69) is 0 Å². The maximum atomic E-state index is 13.0. The van der Waals surface area contributed by atoms with Crippen molar-refractivity contribution in [1.82, 2.24) is 4.90 Å². The molecule has 26 heavy (non-hydrogen) atoms. The standard InChI is InChI=1S/C18H17IN2O5/c1-2-20(11-12-4-3-5-16-17(12)26-9-8-25-16)18(22)14-10-13(21(23)24)6-7-15(14)19/h3-7,10H,2,8-9,11H2,1H3. The van der Waals surface area contributed by atoms with Gasteiger partial charge >= 0.3 is 0 Å². The third-order valence-electron chi connectivity index (χ3n) is 4.07. The number of nitro benzene ring substituents is 1. The Labute approximate surface area is 164 Å². The van der Waals surface area contributed by atoms with E-state index >= 15 is 0 Å². The lowest BCUT2D eigenvalue weighted by molar-refractivity contribution is -0.384. The lowest BCUT2D eigenvalue weighted by atomic mass is 10.1. The molecule has 0 fully saturated rings. The largest absolute Gasteiger partial charge is 0.486 e. The third-order valence-corrected chi connectivity index (χ3v) is 5.01. The van der Waals surface area contributed by atoms with Gasteiger partial charge in [-0.25, -0.2) is 0 Å². The normalized spacial score (nSPS) is 12.5. The average Bonchev–Trinajstić information content (AvgIpc) is 2.65. The molecule has 2 aromatic carbocycles. The number of nitro groups is 1. The Hall–Kier alpha value is -2.36. The maximum absolute atomic E-state index is 13.0. The van der Waals surface area contributed by atoms with Gasteiger partial charge in [-0.15, -0.1) is 0 Å². The third kappa shape index (κ3) is 3.74. The number of para-hydroxylation sites is 1. The molecule has 0 aromatic heterocycles. The lowest BCUT2D eigenvalue weighted by Gasteiger charge is -2.25. The molecule has 0 bridgehead atoms. The number of carbonyl (C=O) groups is 1. The van der Waals surface area contributed by atoms with E-state index in [0.29, 0.717) is 46.9 Å². The summed E-state index contributed by atoms with van der Waals surface area (Å²) >= 11 is 2.02. The van der Waals surface area contributed by atoms with Gasteiger partial charge in [0.05, 0.1) is 10.5 Å². The van der Waals surface area contributed by atoms with Crippen molar-refractivity contribution in [2.75, 3.05) is 19.8 Å². The van der Waals surface area contributed by atoms with E-state index < -0.39 is 4.92 Å². The molecule has 1 aliphatic rings. The van der Waals surface area contributed by atoms with Crippen molar-refractivity contribution >= 4 is 34.2 Å². The molecule has 0 spiro atoms. The number of non-ortho nitro benzene ring substituents is 1. The molecular formula is C18H17IN2O5. The van der Waals surface area contributed by atoms with E-state index in [-0.39, 0.29) is 11.6 Å². The Morgan fingerprint density at radius 3 is 2.77 bits per heavy atom. The first-order valence-corrected chi connectivity index (χ1v) is 9.19. The molecule has 2 aromatic rings. The van der Waals surface area contributed by atoms with Crippen LogP contribution in [0.3, 0.4) is 0 Å². The zero-order chi connectivity index (χ0) is 18.7. The van der Waals surface area contributed by atoms with Crippen molar-refractivity contribution in [1.29, 1.82) is 0 Å². The van der Waals surface area contributed by atoms with Crippen LogP contribution >= 0.6 is 22.6 Å². The summed E-state index contributed by atoms with van der Waals surface area (Å²) in [7, 11) is 0. The molecule has 0 unspecified atom stereocenters. The number of hydrogen-bond donors (Lipinski definition) is 0. The predicted octanol–water partition coefficient (Wildman–Crippen LogP) is 3.63. The zero-order valence-electron chi connectivity index (χ0n) is 14.1. The van der Waals surface area contributed by atoms with Crippen LogP contribution in [0.2, 0.25) is 0 Å². The van der Waals surface area contributed by atoms with Crippen LogP contribution in [-0.2, 0) is 6.54 Å². The first kappa shape index (κ1) is 18.4. The average molecular weight is 468 g/mol. The van der Waals surface area contributed by atoms with Crippen molar-refractivity contribution < 1.29 is 19.2 Å². The minimum Gasteiger partial charge on any atom is -0.486 e. The topological polar surface area (TPSA) is 81.9 Å². The fourth-order valence-corrected chi connectivity index (χ4v) is 3.32. The highest BCUT2D eigenvalue weighted by Gasteiger charge is 2.23. The van der Waals surface area contributed by atoms with Gasteiger partial charge in [-0.05, 0) is 41.6 Å². The molecule has 1 amide bonds. The fraction of sp³-hybridized carbons (Fsp3) is 0.278. The number of fused-ring (bicyclic) bond motifs is 1. The van der Waals surface area contributed by atoms with E-state index in [0.717, 1.165) is 5.56 Å². The van der Waals surface area contributed by atoms with E-state index in [1.165, 1.54) is 12.1 Å². The Morgan fingerprint density at radius 1 is 1.27 bits per heavy atom. The van der Waals surface area contributed by atoms with Crippen molar-refractivity contribution in [3.05, 3.63) is 61.2 Å². The van der Waals surface area contributed by atoms with Crippen LogP contribution in [0.4, 0.5) is 5.69 Å². The summed E-state index contributed by atoms with van der Waals surface area (Å²) in [6, 6.07) is 9.89. The quantitative estimate of drug-likeness (QED) is 0.381. The molecule has 0 atom stereocenters. The summed E-state index contributed by atoms with van der Waals surface area (Å²) in [5.41, 5.74) is 1.07. The Balaban J connectivity index is 1.89. The minimum atomic E-state index is -0.498. The number of halogens is 1. The van der Waals surface area contributed by atoms with Crippen LogP contribution in [0.5, 0.6) is 11.5 Å². The van der Waals surface area contributed by atoms with Gasteiger partial charge in [-0.3, -0.25) is 14.9 Å². The molecule has 0 saturated heterocycles. The van der Waals surface area contributed by atoms with Gasteiger partial charge in [-0.2, -0.15) is 0 Å². The van der Waals surface area contributed by atoms with Crippen LogP contribution in [0.25, 0.3) is 0 Å². The van der Waals surface area contributed by atoms with Crippen molar-refractivity contribution in [3.63, 3.8) is 0 Å². The second kappa shape index (κ2) is 7.90. The smallest absolute Gasteiger partial charge is 0.270 e. The van der Waals surface area contributed by atoms with Gasteiger partial charge in [0.1, 0.15) is 13.2 Å². The lowest BCUT2D eigenvalue weighted by Crippen LogP contribution is -2.31. The van der Waals surface area contributed by atoms with Crippen LogP contribution in [0.1, 0.15) is 22.8 Å². The molecule has 8 heteroatoms. The van der Waals surface area contributed by atoms with Gasteiger partial charge in [-0.1, -0.05) is 12.1 Å². The predicted molar refractivity (Wildman–Crippen MR) is 104 cm³/mol. The van der Waals surface area contributed by atoms with E-state index in [4.69, 9.17) is 9.47 Å². The van der Waals surface area contributed by atoms with Crippen LogP contribution in [-0.4, -0.2) is 35.5 Å². The number of benzene rings is 2. The minimum absolute atomic E-state index is 0.0985. The number of amides is 1. The summed E-state index contributed by atoms with van der Waals surface area (Å²) < 4.78 is 12.0. The Bertz CT molecular complexity index is 855. The number of hydrogen-bond acceptors (Lipinski definition) is 5. The summed E-state index contributed by atoms with van der Waals surface area (Å²) in [4.78, 5) is 25.1. The molecule has 0 N–H and O–H groups in total. The number of ether oxygens (including phenoxy) is 2. The van der Waals surface area contributed by atoms with E-state index in [9.17, 15) is 14.9 Å². The van der Waals surface area contributed by atoms with Crippen LogP contribution in [0.15, 0.2) is 36.4 Å². The van der Waals surface area contributed by atoms with Crippen molar-refractivity contribution in [2.45, 2.75) is 13.5 Å². The number of rotatable bonds is 5. The molecule has 7 nitrogen and oxygen atoms in total. The van der Waals surface area contributed by atoms with E-state index in [1.54, 1.807) is 11.0 Å². The number of nitrogens with zero attached hydrogens (tertiary/aromatic N) is 2. The van der Waals surface area contributed by atoms with E-state index in [1.807, 2.05) is 47.7 Å². The SMILES string of the molecule is CCN(Cc1cccc2c1OCCO2)C(=O)c1cc([N+](=O)[O-])ccc1I. The van der Waals surface area contributed by atoms with Gasteiger partial charge < -0.3 is 14.4 Å². The van der Waals surface area contributed by atoms with Crippen molar-refractivity contribution in [3.8, 4) is 11.5 Å². The molecule has 0 radical (unpaired) electrons. The first-order valence-electron chi connectivity index (χ1n) is 8.12. The summed E-state index contributed by atoms with van der Waals surface area (Å²) in [6.07, 6.45) is 0. The first-order chi connectivity index (χ1) is 12.5. The maximum Gasteiger partial charge on any atom is 0.270 e. The number of carbonyl (C=O) groups excluding carboxylic acids is 1. The second-order valence-electron chi connectivity index (χ2n) is 5.68. The zero-order valence-corrected chi connectivity index (χ0v) is 16.3. The summed E-state index contributed by atoms with van der Waals surface area (Å²) in [5.74, 6) is 1.07. The molecule has 1 heterocycles. The van der Waals surface area contributed by atoms with Gasteiger partial charge in [0.25, 0.3) is 11.6 Å². The van der Waals surface area contributed by atoms with Crippen LogP contribution in [0, 0.1) is 13.7 Å². The highest BCUT2D eigenvalue weighted by Crippen LogP contribution is 2.34. The fourth-order valence-electron chi connectivity index (χ4n) is 2.75. The highest BCUT2D eigenvalue weighted by atomic mass is 127. The molecular weight excluding hydrogens is 451 g/mol. The molecule has 0 aliphatic carbocycles. The van der Waals surface area contributed by atoms with Crippen molar-refractivity contribution in [2.24, 2.45) is 0 Å². The molecule has 0 saturated carbocycles. The Kier molecular flexibility index (Phi) is 5.60. The Morgan fingerprint density at radius 2 is 2.04 bits per heavy atom. The highest BCUT2D eigenvalue weighted by molar-refractivity contribution is 14.1. The molecule has 3 rings (SSSR count). The van der Waals surface area contributed by atoms with Gasteiger partial charge in [0.15, 0.2) is 11.5 Å². The van der Waals surface area contributed by atoms with Gasteiger partial charge in [0, 0.05) is 34.4 Å². The molecule has 136 valence electrons.